The number of amides is 1. The summed E-state index contributed by atoms with van der Waals surface area (Å²) in [4.78, 5) is 15.8. The Morgan fingerprint density at radius 3 is 2.67 bits per heavy atom. The van der Waals surface area contributed by atoms with Gasteiger partial charge in [-0.25, -0.2) is 4.98 Å². The van der Waals surface area contributed by atoms with Gasteiger partial charge < -0.3 is 10.1 Å². The fourth-order valence-electron chi connectivity index (χ4n) is 1.76. The Kier molecular flexibility index (Phi) is 5.90. The van der Waals surface area contributed by atoms with Crippen molar-refractivity contribution in [1.82, 2.24) is 10.3 Å². The van der Waals surface area contributed by atoms with Gasteiger partial charge in [-0.2, -0.15) is 13.2 Å². The molecule has 0 radical (unpaired) electrons. The average Bonchev–Trinajstić information content (AvgIpc) is 2.51. The zero-order chi connectivity index (χ0) is 17.7. The summed E-state index contributed by atoms with van der Waals surface area (Å²) in [5, 5.41) is 3.36. The van der Waals surface area contributed by atoms with Crippen molar-refractivity contribution < 1.29 is 22.7 Å². The van der Waals surface area contributed by atoms with Gasteiger partial charge in [0.1, 0.15) is 5.56 Å². The second-order valence-corrected chi connectivity index (χ2v) is 5.52. The minimum Gasteiger partial charge on any atom is -0.467 e. The molecule has 0 aliphatic carbocycles. The highest BCUT2D eigenvalue weighted by atomic mass is 35.5. The molecule has 0 spiro atoms. The Hall–Kier alpha value is -1.99. The molecule has 0 aliphatic heterocycles. The number of ether oxygens (including phenoxy) is 1. The third-order valence-electron chi connectivity index (χ3n) is 2.84. The lowest BCUT2D eigenvalue weighted by atomic mass is 10.2. The Labute approximate surface area is 145 Å². The number of rotatable bonds is 5. The van der Waals surface area contributed by atoms with Crippen LogP contribution in [0.15, 0.2) is 36.5 Å². The molecule has 1 N–H and O–H groups in total. The molecule has 0 atom stereocenters. The largest absolute Gasteiger partial charge is 0.467 e. The zero-order valence-corrected chi connectivity index (χ0v) is 13.5. The number of halogens is 5. The Morgan fingerprint density at radius 2 is 2.00 bits per heavy atom. The fourth-order valence-corrected chi connectivity index (χ4v) is 2.24. The number of carbonyl (C=O) groups excluding carboxylic acids is 1. The Balaban J connectivity index is 2.07. The van der Waals surface area contributed by atoms with E-state index in [1.54, 1.807) is 12.1 Å². The molecule has 1 aromatic heterocycles. The van der Waals surface area contributed by atoms with Gasteiger partial charge in [0.05, 0.1) is 0 Å². The van der Waals surface area contributed by atoms with Crippen molar-refractivity contribution in [3.8, 4) is 5.88 Å². The summed E-state index contributed by atoms with van der Waals surface area (Å²) in [6.45, 7) is -1.46. The third kappa shape index (κ3) is 5.28. The van der Waals surface area contributed by atoms with Crippen LogP contribution in [0.1, 0.15) is 15.9 Å². The minimum atomic E-state index is -4.53. The maximum Gasteiger partial charge on any atom is 0.422 e. The smallest absolute Gasteiger partial charge is 0.422 e. The highest BCUT2D eigenvalue weighted by Gasteiger charge is 2.29. The molecule has 1 aromatic carbocycles. The highest BCUT2D eigenvalue weighted by Crippen LogP contribution is 2.22. The molecule has 4 nitrogen and oxygen atoms in total. The maximum atomic E-state index is 12.2. The number of benzene rings is 1. The number of carbonyl (C=O) groups is 1. The van der Waals surface area contributed by atoms with Crippen LogP contribution in [0.4, 0.5) is 13.2 Å². The van der Waals surface area contributed by atoms with Gasteiger partial charge in [-0.05, 0) is 29.8 Å². The lowest BCUT2D eigenvalue weighted by molar-refractivity contribution is -0.154. The predicted octanol–water partition coefficient (Wildman–Crippen LogP) is 4.26. The molecule has 0 fully saturated rings. The molecule has 24 heavy (non-hydrogen) atoms. The van der Waals surface area contributed by atoms with Crippen molar-refractivity contribution in [2.45, 2.75) is 12.7 Å². The van der Waals surface area contributed by atoms with Gasteiger partial charge >= 0.3 is 6.18 Å². The van der Waals surface area contributed by atoms with Crippen molar-refractivity contribution in [2.75, 3.05) is 6.61 Å². The lowest BCUT2D eigenvalue weighted by Gasteiger charge is -2.12. The molecule has 0 aliphatic rings. The summed E-state index contributed by atoms with van der Waals surface area (Å²) < 4.78 is 41.3. The summed E-state index contributed by atoms with van der Waals surface area (Å²) >= 11 is 11.8. The van der Waals surface area contributed by atoms with E-state index in [1.807, 2.05) is 0 Å². The zero-order valence-electron chi connectivity index (χ0n) is 12.0. The minimum absolute atomic E-state index is 0.0719. The molecule has 128 valence electrons. The topological polar surface area (TPSA) is 51.2 Å². The standard InChI is InChI=1S/C15H11Cl2F3N2O2/c16-10-4-3-9(12(17)6-10)7-22-13(23)11-2-1-5-21-14(11)24-8-15(18,19)20/h1-6H,7-8H2,(H,22,23). The fraction of sp³-hybridized carbons (Fsp3) is 0.200. The number of pyridine rings is 1. The number of alkyl halides is 3. The first-order chi connectivity index (χ1) is 11.3. The monoisotopic (exact) mass is 378 g/mol. The molecular weight excluding hydrogens is 368 g/mol. The normalized spacial score (nSPS) is 11.2. The van der Waals surface area contributed by atoms with Gasteiger partial charge in [0.2, 0.25) is 5.88 Å². The van der Waals surface area contributed by atoms with E-state index in [4.69, 9.17) is 23.2 Å². The van der Waals surface area contributed by atoms with Crippen LogP contribution in [-0.2, 0) is 6.54 Å². The van der Waals surface area contributed by atoms with E-state index in [0.717, 1.165) is 0 Å². The van der Waals surface area contributed by atoms with Crippen LogP contribution in [0.3, 0.4) is 0 Å². The molecule has 9 heteroatoms. The number of hydrogen-bond donors (Lipinski definition) is 1. The van der Waals surface area contributed by atoms with Crippen molar-refractivity contribution in [2.24, 2.45) is 0 Å². The molecule has 1 heterocycles. The summed E-state index contributed by atoms with van der Waals surface area (Å²) in [7, 11) is 0. The molecular formula is C15H11Cl2F3N2O2. The van der Waals surface area contributed by atoms with Crippen molar-refractivity contribution in [3.63, 3.8) is 0 Å². The van der Waals surface area contributed by atoms with E-state index >= 15 is 0 Å². The average molecular weight is 379 g/mol. The second kappa shape index (κ2) is 7.72. The lowest BCUT2D eigenvalue weighted by Crippen LogP contribution is -2.25. The van der Waals surface area contributed by atoms with Crippen molar-refractivity contribution >= 4 is 29.1 Å². The Bertz CT molecular complexity index is 739. The predicted molar refractivity (Wildman–Crippen MR) is 83.4 cm³/mol. The first-order valence-electron chi connectivity index (χ1n) is 6.63. The molecule has 0 unspecified atom stereocenters. The molecule has 2 aromatic rings. The number of nitrogens with one attached hydrogen (secondary N) is 1. The van der Waals surface area contributed by atoms with Gasteiger partial charge in [-0.1, -0.05) is 29.3 Å². The van der Waals surface area contributed by atoms with Crippen LogP contribution in [0.2, 0.25) is 10.0 Å². The number of aromatic nitrogens is 1. The van der Waals surface area contributed by atoms with Crippen molar-refractivity contribution in [1.29, 1.82) is 0 Å². The van der Waals surface area contributed by atoms with Gasteiger partial charge in [-0.15, -0.1) is 0 Å². The number of hydrogen-bond acceptors (Lipinski definition) is 3. The van der Waals surface area contributed by atoms with Crippen LogP contribution >= 0.6 is 23.2 Å². The van der Waals surface area contributed by atoms with E-state index in [1.165, 1.54) is 24.4 Å². The maximum absolute atomic E-state index is 12.2. The SMILES string of the molecule is O=C(NCc1ccc(Cl)cc1Cl)c1cccnc1OCC(F)(F)F. The molecule has 1 amide bonds. The first kappa shape index (κ1) is 18.4. The van der Waals surface area contributed by atoms with Crippen LogP contribution < -0.4 is 10.1 Å². The van der Waals surface area contributed by atoms with Gasteiger partial charge in [0.15, 0.2) is 6.61 Å². The van der Waals surface area contributed by atoms with E-state index in [0.29, 0.717) is 15.6 Å². The first-order valence-corrected chi connectivity index (χ1v) is 7.38. The van der Waals surface area contributed by atoms with E-state index < -0.39 is 24.6 Å². The summed E-state index contributed by atoms with van der Waals surface area (Å²) in [6.07, 6.45) is -3.29. The summed E-state index contributed by atoms with van der Waals surface area (Å²) in [5.74, 6) is -1.03. The van der Waals surface area contributed by atoms with Gasteiger partial charge in [0.25, 0.3) is 5.91 Å². The van der Waals surface area contributed by atoms with Crippen LogP contribution in [0.5, 0.6) is 5.88 Å². The molecule has 0 saturated carbocycles. The van der Waals surface area contributed by atoms with Crippen LogP contribution in [0, 0.1) is 0 Å². The van der Waals surface area contributed by atoms with E-state index in [2.05, 4.69) is 15.0 Å². The van der Waals surface area contributed by atoms with E-state index in [-0.39, 0.29) is 12.1 Å². The van der Waals surface area contributed by atoms with Crippen molar-refractivity contribution in [3.05, 3.63) is 57.7 Å². The van der Waals surface area contributed by atoms with Gasteiger partial charge in [-0.3, -0.25) is 4.79 Å². The highest BCUT2D eigenvalue weighted by molar-refractivity contribution is 6.35. The second-order valence-electron chi connectivity index (χ2n) is 4.68. The molecule has 0 saturated heterocycles. The van der Waals surface area contributed by atoms with Crippen LogP contribution in [-0.4, -0.2) is 23.7 Å². The number of nitrogens with zero attached hydrogens (tertiary/aromatic N) is 1. The quantitative estimate of drug-likeness (QED) is 0.845. The molecule has 0 bridgehead atoms. The summed E-state index contributed by atoms with van der Waals surface area (Å²) in [6, 6.07) is 7.50. The Morgan fingerprint density at radius 1 is 1.25 bits per heavy atom. The third-order valence-corrected chi connectivity index (χ3v) is 3.43. The van der Waals surface area contributed by atoms with Gasteiger partial charge in [0, 0.05) is 22.8 Å². The van der Waals surface area contributed by atoms with Crippen LogP contribution in [0.25, 0.3) is 0 Å². The molecule has 2 rings (SSSR count). The van der Waals surface area contributed by atoms with E-state index in [9.17, 15) is 18.0 Å². The summed E-state index contributed by atoms with van der Waals surface area (Å²) in [5.41, 5.74) is 0.503.